The van der Waals surface area contributed by atoms with E-state index in [2.05, 4.69) is 27.5 Å². The van der Waals surface area contributed by atoms with Gasteiger partial charge in [-0.3, -0.25) is 4.79 Å². The predicted octanol–water partition coefficient (Wildman–Crippen LogP) is 5.83. The van der Waals surface area contributed by atoms with Crippen LogP contribution in [0.5, 0.6) is 5.75 Å². The molecule has 0 saturated heterocycles. The molecule has 0 aliphatic carbocycles. The SMILES string of the molecule is COc1ccc([C@H](Nc2nc(C)cc(C)n2)c2c(NC(=O)c3ccco3)sc(C)c2C)cc1. The first-order valence-corrected chi connectivity index (χ1v) is 11.3. The molecule has 1 atom stereocenters. The normalized spacial score (nSPS) is 11.8. The molecule has 0 radical (unpaired) electrons. The van der Waals surface area contributed by atoms with Crippen molar-refractivity contribution in [3.8, 4) is 5.75 Å². The molecule has 1 aromatic carbocycles. The van der Waals surface area contributed by atoms with E-state index in [9.17, 15) is 4.79 Å². The Morgan fingerprint density at radius 1 is 1.06 bits per heavy atom. The molecule has 8 heteroatoms. The van der Waals surface area contributed by atoms with Crippen LogP contribution in [-0.4, -0.2) is 23.0 Å². The van der Waals surface area contributed by atoms with Crippen molar-refractivity contribution in [2.75, 3.05) is 17.7 Å². The topological polar surface area (TPSA) is 89.3 Å². The number of rotatable bonds is 7. The summed E-state index contributed by atoms with van der Waals surface area (Å²) in [5.74, 6) is 1.26. The van der Waals surface area contributed by atoms with Gasteiger partial charge in [0.25, 0.3) is 5.91 Å². The average molecular weight is 463 g/mol. The van der Waals surface area contributed by atoms with Crippen molar-refractivity contribution in [2.45, 2.75) is 33.7 Å². The number of aryl methyl sites for hydroxylation is 3. The van der Waals surface area contributed by atoms with Crippen molar-refractivity contribution >= 4 is 28.2 Å². The highest BCUT2D eigenvalue weighted by atomic mass is 32.1. The zero-order valence-corrected chi connectivity index (χ0v) is 20.0. The van der Waals surface area contributed by atoms with Crippen LogP contribution < -0.4 is 15.4 Å². The summed E-state index contributed by atoms with van der Waals surface area (Å²) in [6.45, 7) is 7.99. The molecule has 0 spiro atoms. The predicted molar refractivity (Wildman–Crippen MR) is 130 cm³/mol. The Morgan fingerprint density at radius 2 is 1.76 bits per heavy atom. The molecule has 1 amide bonds. The van der Waals surface area contributed by atoms with Gasteiger partial charge in [0.1, 0.15) is 10.8 Å². The Balaban J connectivity index is 1.79. The van der Waals surface area contributed by atoms with Crippen molar-refractivity contribution in [3.63, 3.8) is 0 Å². The van der Waals surface area contributed by atoms with Gasteiger partial charge < -0.3 is 19.8 Å². The Labute approximate surface area is 196 Å². The molecule has 0 saturated carbocycles. The van der Waals surface area contributed by atoms with Gasteiger partial charge in [-0.25, -0.2) is 9.97 Å². The van der Waals surface area contributed by atoms with Crippen molar-refractivity contribution in [2.24, 2.45) is 0 Å². The molecule has 0 unspecified atom stereocenters. The van der Waals surface area contributed by atoms with Crippen molar-refractivity contribution in [1.82, 2.24) is 9.97 Å². The second-order valence-corrected chi connectivity index (χ2v) is 9.01. The lowest BCUT2D eigenvalue weighted by Crippen LogP contribution is -2.18. The number of carbonyl (C=O) groups is 1. The average Bonchev–Trinajstić information content (AvgIpc) is 3.41. The van der Waals surface area contributed by atoms with E-state index >= 15 is 0 Å². The second-order valence-electron chi connectivity index (χ2n) is 7.78. The van der Waals surface area contributed by atoms with E-state index in [-0.39, 0.29) is 17.7 Å². The number of nitrogens with zero attached hydrogens (tertiary/aromatic N) is 2. The van der Waals surface area contributed by atoms with E-state index in [4.69, 9.17) is 9.15 Å². The molecule has 0 fully saturated rings. The largest absolute Gasteiger partial charge is 0.497 e. The lowest BCUT2D eigenvalue weighted by molar-refractivity contribution is 0.0997. The number of thiophene rings is 1. The van der Waals surface area contributed by atoms with E-state index in [1.54, 1.807) is 19.2 Å². The van der Waals surface area contributed by atoms with Gasteiger partial charge in [0.2, 0.25) is 5.95 Å². The third kappa shape index (κ3) is 4.90. The summed E-state index contributed by atoms with van der Waals surface area (Å²) < 4.78 is 10.6. The number of furan rings is 1. The highest BCUT2D eigenvalue weighted by molar-refractivity contribution is 7.16. The molecule has 3 aromatic heterocycles. The number of hydrogen-bond acceptors (Lipinski definition) is 7. The van der Waals surface area contributed by atoms with Gasteiger partial charge in [0.15, 0.2) is 5.76 Å². The standard InChI is InChI=1S/C25H26N4O3S/c1-14-13-15(2)27-25(26-14)28-22(18-8-10-19(31-5)11-9-18)21-16(3)17(4)33-24(21)29-23(30)20-7-6-12-32-20/h6-13,22H,1-5H3,(H,29,30)(H,26,27,28)/t22-/m0/s1. The van der Waals surface area contributed by atoms with Gasteiger partial charge in [0, 0.05) is 21.8 Å². The Hall–Kier alpha value is -3.65. The number of aromatic nitrogens is 2. The van der Waals surface area contributed by atoms with Crippen LogP contribution in [0.4, 0.5) is 10.9 Å². The fourth-order valence-electron chi connectivity index (χ4n) is 3.70. The Kier molecular flexibility index (Phi) is 6.46. The molecule has 0 aliphatic rings. The van der Waals surface area contributed by atoms with E-state index in [1.165, 1.54) is 17.6 Å². The number of carbonyl (C=O) groups excluding carboxylic acids is 1. The van der Waals surface area contributed by atoms with Crippen molar-refractivity contribution in [3.05, 3.63) is 87.4 Å². The van der Waals surface area contributed by atoms with Crippen LogP contribution in [0.15, 0.2) is 53.1 Å². The summed E-state index contributed by atoms with van der Waals surface area (Å²) in [6.07, 6.45) is 1.49. The summed E-state index contributed by atoms with van der Waals surface area (Å²) in [5, 5.41) is 7.29. The van der Waals surface area contributed by atoms with Crippen LogP contribution in [0.25, 0.3) is 0 Å². The number of nitrogens with one attached hydrogen (secondary N) is 2. The molecule has 7 nitrogen and oxygen atoms in total. The van der Waals surface area contributed by atoms with E-state index in [1.807, 2.05) is 51.1 Å². The number of amides is 1. The maximum atomic E-state index is 12.8. The third-order valence-corrected chi connectivity index (χ3v) is 6.54. The zero-order chi connectivity index (χ0) is 23.5. The summed E-state index contributed by atoms with van der Waals surface area (Å²) in [7, 11) is 1.64. The zero-order valence-electron chi connectivity index (χ0n) is 19.2. The highest BCUT2D eigenvalue weighted by Gasteiger charge is 2.26. The fraction of sp³-hybridized carbons (Fsp3) is 0.240. The molecule has 4 aromatic rings. The Bertz CT molecular complexity index is 1240. The molecular formula is C25H26N4O3S. The first-order chi connectivity index (χ1) is 15.9. The van der Waals surface area contributed by atoms with Crippen LogP contribution in [0, 0.1) is 27.7 Å². The molecule has 33 heavy (non-hydrogen) atoms. The fourth-order valence-corrected chi connectivity index (χ4v) is 4.79. The number of hydrogen-bond donors (Lipinski definition) is 2. The van der Waals surface area contributed by atoms with Gasteiger partial charge >= 0.3 is 0 Å². The van der Waals surface area contributed by atoms with E-state index < -0.39 is 0 Å². The molecule has 0 aliphatic heterocycles. The van der Waals surface area contributed by atoms with Crippen molar-refractivity contribution in [1.29, 1.82) is 0 Å². The van der Waals surface area contributed by atoms with Gasteiger partial charge in [0.05, 0.1) is 19.4 Å². The quantitative estimate of drug-likeness (QED) is 0.359. The van der Waals surface area contributed by atoms with Crippen LogP contribution in [-0.2, 0) is 0 Å². The summed E-state index contributed by atoms with van der Waals surface area (Å²) in [5.41, 5.74) is 4.80. The molecule has 0 bridgehead atoms. The number of anilines is 2. The monoisotopic (exact) mass is 462 g/mol. The van der Waals surface area contributed by atoms with Gasteiger partial charge in [-0.2, -0.15) is 0 Å². The van der Waals surface area contributed by atoms with E-state index in [0.29, 0.717) is 5.95 Å². The van der Waals surface area contributed by atoms with Crippen molar-refractivity contribution < 1.29 is 13.9 Å². The lowest BCUT2D eigenvalue weighted by atomic mass is 9.96. The maximum Gasteiger partial charge on any atom is 0.291 e. The lowest BCUT2D eigenvalue weighted by Gasteiger charge is -2.22. The minimum Gasteiger partial charge on any atom is -0.497 e. The molecular weight excluding hydrogens is 436 g/mol. The molecule has 3 heterocycles. The molecule has 4 rings (SSSR count). The van der Waals surface area contributed by atoms with Gasteiger partial charge in [-0.05, 0) is 69.2 Å². The number of benzene rings is 1. The van der Waals surface area contributed by atoms with E-state index in [0.717, 1.165) is 43.7 Å². The van der Waals surface area contributed by atoms with Gasteiger partial charge in [-0.1, -0.05) is 12.1 Å². The van der Waals surface area contributed by atoms with Crippen LogP contribution in [0.3, 0.4) is 0 Å². The Morgan fingerprint density at radius 3 is 2.36 bits per heavy atom. The summed E-state index contributed by atoms with van der Waals surface area (Å²) >= 11 is 1.53. The first kappa shape index (κ1) is 22.5. The van der Waals surface area contributed by atoms with Crippen LogP contribution in [0.1, 0.15) is 49.6 Å². The van der Waals surface area contributed by atoms with Crippen LogP contribution >= 0.6 is 11.3 Å². The smallest absolute Gasteiger partial charge is 0.291 e. The maximum absolute atomic E-state index is 12.8. The summed E-state index contributed by atoms with van der Waals surface area (Å²) in [4.78, 5) is 23.1. The number of ether oxygens (including phenoxy) is 1. The third-order valence-electron chi connectivity index (χ3n) is 5.40. The second kappa shape index (κ2) is 9.46. The molecule has 2 N–H and O–H groups in total. The minimum atomic E-state index is -0.297. The molecule has 170 valence electrons. The van der Waals surface area contributed by atoms with Gasteiger partial charge in [-0.15, -0.1) is 11.3 Å². The summed E-state index contributed by atoms with van der Waals surface area (Å²) in [6, 6.07) is 12.8. The minimum absolute atomic E-state index is 0.260. The van der Waals surface area contributed by atoms with Crippen LogP contribution in [0.2, 0.25) is 0 Å². The first-order valence-electron chi connectivity index (χ1n) is 10.5. The number of methoxy groups -OCH3 is 1. The highest BCUT2D eigenvalue weighted by Crippen LogP contribution is 2.41.